The van der Waals surface area contributed by atoms with Gasteiger partial charge in [0.25, 0.3) is 0 Å². The van der Waals surface area contributed by atoms with E-state index in [0.717, 1.165) is 0 Å². The molecule has 1 aromatic heterocycles. The molecule has 0 aliphatic carbocycles. The summed E-state index contributed by atoms with van der Waals surface area (Å²) in [7, 11) is 0. The number of carbonyl (C=O) groups is 1. The molecule has 0 amide bonds. The van der Waals surface area contributed by atoms with Gasteiger partial charge in [0, 0.05) is 10.4 Å². The molecule has 0 aliphatic rings. The number of carboxylic acids is 1. The highest BCUT2D eigenvalue weighted by molar-refractivity contribution is 7.13. The zero-order chi connectivity index (χ0) is 9.84. The third-order valence-corrected chi connectivity index (χ3v) is 2.09. The summed E-state index contributed by atoms with van der Waals surface area (Å²) in [5.74, 6) is -1.03. The minimum atomic E-state index is -1.03. The van der Waals surface area contributed by atoms with Crippen molar-refractivity contribution in [3.05, 3.63) is 22.7 Å². The third kappa shape index (κ3) is 3.04. The lowest BCUT2D eigenvalue weighted by molar-refractivity contribution is 0.0691. The maximum atomic E-state index is 10.4. The molecule has 0 fully saturated rings. The van der Waals surface area contributed by atoms with Crippen LogP contribution in [0, 0.1) is 0 Å². The fourth-order valence-electron chi connectivity index (χ4n) is 0.625. The molecule has 70 valence electrons. The summed E-state index contributed by atoms with van der Waals surface area (Å²) in [5.41, 5.74) is 0.0349. The molecule has 0 atom stereocenters. The van der Waals surface area contributed by atoms with Gasteiger partial charge in [0.2, 0.25) is 0 Å². The van der Waals surface area contributed by atoms with Gasteiger partial charge in [-0.05, 0) is 0 Å². The number of nitrogens with one attached hydrogen (secondary N) is 1. The van der Waals surface area contributed by atoms with Crippen molar-refractivity contribution < 1.29 is 9.90 Å². The van der Waals surface area contributed by atoms with Crippen LogP contribution in [0.5, 0.6) is 0 Å². The van der Waals surface area contributed by atoms with Gasteiger partial charge >= 0.3 is 5.97 Å². The molecule has 0 radical (unpaired) electrons. The molecule has 0 bridgehead atoms. The van der Waals surface area contributed by atoms with E-state index in [0.29, 0.717) is 16.7 Å². The number of hydrogen-bond donors (Lipinski definition) is 2. The van der Waals surface area contributed by atoms with Crippen molar-refractivity contribution in [3.8, 4) is 0 Å². The van der Waals surface area contributed by atoms with Crippen LogP contribution in [0.3, 0.4) is 0 Å². The normalized spacial score (nSPS) is 9.62. The largest absolute Gasteiger partial charge is 0.476 e. The van der Waals surface area contributed by atoms with Crippen molar-refractivity contribution in [2.75, 3.05) is 11.9 Å². The van der Waals surface area contributed by atoms with Crippen LogP contribution in [0.25, 0.3) is 0 Å². The van der Waals surface area contributed by atoms with Crippen LogP contribution in [0.4, 0.5) is 5.13 Å². The number of aromatic nitrogens is 1. The SMILES string of the molecule is C=C(Cl)CNc1nc(C(=O)O)cs1. The monoisotopic (exact) mass is 218 g/mol. The lowest BCUT2D eigenvalue weighted by atomic mass is 10.5. The predicted molar refractivity (Wildman–Crippen MR) is 52.6 cm³/mol. The molecule has 0 saturated heterocycles. The first kappa shape index (κ1) is 10.0. The topological polar surface area (TPSA) is 62.2 Å². The van der Waals surface area contributed by atoms with E-state index in [4.69, 9.17) is 16.7 Å². The van der Waals surface area contributed by atoms with E-state index >= 15 is 0 Å². The molecule has 1 heterocycles. The Hall–Kier alpha value is -1.07. The van der Waals surface area contributed by atoms with Gasteiger partial charge in [0.05, 0.1) is 6.54 Å². The highest BCUT2D eigenvalue weighted by atomic mass is 35.5. The Morgan fingerprint density at radius 1 is 1.85 bits per heavy atom. The molecule has 1 aromatic rings. The maximum Gasteiger partial charge on any atom is 0.355 e. The second-order valence-corrected chi connectivity index (χ2v) is 3.61. The average molecular weight is 219 g/mol. The summed E-state index contributed by atoms with van der Waals surface area (Å²) in [6.07, 6.45) is 0. The maximum absolute atomic E-state index is 10.4. The molecule has 0 aliphatic heterocycles. The van der Waals surface area contributed by atoms with Crippen molar-refractivity contribution in [1.82, 2.24) is 4.98 Å². The highest BCUT2D eigenvalue weighted by Crippen LogP contribution is 2.15. The molecule has 0 saturated carbocycles. The third-order valence-electron chi connectivity index (χ3n) is 1.15. The van der Waals surface area contributed by atoms with Crippen LogP contribution in [-0.4, -0.2) is 22.6 Å². The van der Waals surface area contributed by atoms with Crippen molar-refractivity contribution in [3.63, 3.8) is 0 Å². The molecule has 4 nitrogen and oxygen atoms in total. The van der Waals surface area contributed by atoms with Crippen molar-refractivity contribution in [1.29, 1.82) is 0 Å². The molecule has 13 heavy (non-hydrogen) atoms. The Balaban J connectivity index is 2.59. The minimum Gasteiger partial charge on any atom is -0.476 e. The Bertz CT molecular complexity index is 337. The Morgan fingerprint density at radius 2 is 2.54 bits per heavy atom. The lowest BCUT2D eigenvalue weighted by Gasteiger charge is -1.97. The van der Waals surface area contributed by atoms with E-state index in [1.807, 2.05) is 0 Å². The molecular formula is C7H7ClN2O2S. The quantitative estimate of drug-likeness (QED) is 0.812. The van der Waals surface area contributed by atoms with Crippen LogP contribution in [0.2, 0.25) is 0 Å². The fourth-order valence-corrected chi connectivity index (χ4v) is 1.37. The molecule has 0 unspecified atom stereocenters. The first-order chi connectivity index (χ1) is 6.09. The van der Waals surface area contributed by atoms with E-state index in [1.54, 1.807) is 0 Å². The van der Waals surface area contributed by atoms with Gasteiger partial charge in [-0.3, -0.25) is 0 Å². The Morgan fingerprint density at radius 3 is 3.00 bits per heavy atom. The first-order valence-electron chi connectivity index (χ1n) is 3.35. The van der Waals surface area contributed by atoms with Crippen molar-refractivity contribution >= 4 is 34.0 Å². The number of nitrogens with zero attached hydrogens (tertiary/aromatic N) is 1. The van der Waals surface area contributed by atoms with Crippen molar-refractivity contribution in [2.45, 2.75) is 0 Å². The van der Waals surface area contributed by atoms with E-state index in [9.17, 15) is 4.79 Å². The van der Waals surface area contributed by atoms with Gasteiger partial charge < -0.3 is 10.4 Å². The Labute approximate surface area is 83.9 Å². The summed E-state index contributed by atoms with van der Waals surface area (Å²) in [6, 6.07) is 0. The van der Waals surface area contributed by atoms with Gasteiger partial charge in [-0.15, -0.1) is 11.3 Å². The zero-order valence-electron chi connectivity index (χ0n) is 6.58. The number of thiazole rings is 1. The number of anilines is 1. The zero-order valence-corrected chi connectivity index (χ0v) is 8.15. The van der Waals surface area contributed by atoms with Crippen LogP contribution < -0.4 is 5.32 Å². The summed E-state index contributed by atoms with van der Waals surface area (Å²) in [5, 5.41) is 13.8. The molecule has 2 N–H and O–H groups in total. The number of rotatable bonds is 4. The minimum absolute atomic E-state index is 0.0349. The first-order valence-corrected chi connectivity index (χ1v) is 4.61. The molecular weight excluding hydrogens is 212 g/mol. The average Bonchev–Trinajstić information content (AvgIpc) is 2.48. The summed E-state index contributed by atoms with van der Waals surface area (Å²) >= 11 is 6.72. The van der Waals surface area contributed by atoms with Gasteiger partial charge in [-0.25, -0.2) is 9.78 Å². The predicted octanol–water partition coefficient (Wildman–Crippen LogP) is 2.01. The summed E-state index contributed by atoms with van der Waals surface area (Å²) in [4.78, 5) is 14.2. The molecule has 1 rings (SSSR count). The molecule has 6 heteroatoms. The van der Waals surface area contributed by atoms with Gasteiger partial charge in [-0.1, -0.05) is 18.2 Å². The smallest absolute Gasteiger partial charge is 0.355 e. The number of carboxylic acid groups (broad SMARTS) is 1. The van der Waals surface area contributed by atoms with E-state index in [-0.39, 0.29) is 5.69 Å². The fraction of sp³-hybridized carbons (Fsp3) is 0.143. The molecule has 0 aromatic carbocycles. The summed E-state index contributed by atoms with van der Waals surface area (Å²) < 4.78 is 0. The number of aromatic carboxylic acids is 1. The molecule has 0 spiro atoms. The van der Waals surface area contributed by atoms with E-state index in [2.05, 4.69) is 16.9 Å². The van der Waals surface area contributed by atoms with E-state index in [1.165, 1.54) is 16.7 Å². The van der Waals surface area contributed by atoms with Gasteiger partial charge in [0.15, 0.2) is 10.8 Å². The second-order valence-electron chi connectivity index (χ2n) is 2.21. The van der Waals surface area contributed by atoms with E-state index < -0.39 is 5.97 Å². The van der Waals surface area contributed by atoms with Crippen LogP contribution >= 0.6 is 22.9 Å². The standard InChI is InChI=1S/C7H7ClN2O2S/c1-4(8)2-9-7-10-5(3-13-7)6(11)12/h3H,1-2H2,(H,9,10)(H,11,12). The second kappa shape index (κ2) is 4.25. The van der Waals surface area contributed by atoms with Crippen LogP contribution in [0.1, 0.15) is 10.5 Å². The van der Waals surface area contributed by atoms with Gasteiger partial charge in [-0.2, -0.15) is 0 Å². The number of halogens is 1. The lowest BCUT2D eigenvalue weighted by Crippen LogP contribution is -2.01. The summed E-state index contributed by atoms with van der Waals surface area (Å²) in [6.45, 7) is 3.86. The van der Waals surface area contributed by atoms with Crippen LogP contribution in [-0.2, 0) is 0 Å². The van der Waals surface area contributed by atoms with Crippen molar-refractivity contribution in [2.24, 2.45) is 0 Å². The highest BCUT2D eigenvalue weighted by Gasteiger charge is 2.07. The van der Waals surface area contributed by atoms with Gasteiger partial charge in [0.1, 0.15) is 0 Å². The van der Waals surface area contributed by atoms with Crippen LogP contribution in [0.15, 0.2) is 17.0 Å². The number of hydrogen-bond acceptors (Lipinski definition) is 4. The Kier molecular flexibility index (Phi) is 3.27.